The molecule has 1 atom stereocenters. The molecule has 2 aliphatic rings. The number of amides is 1. The lowest BCUT2D eigenvalue weighted by Gasteiger charge is -2.33. The van der Waals surface area contributed by atoms with Gasteiger partial charge in [0, 0.05) is 24.5 Å². The van der Waals surface area contributed by atoms with Gasteiger partial charge in [0.05, 0.1) is 20.2 Å². The molecule has 0 radical (unpaired) electrons. The Morgan fingerprint density at radius 2 is 2.18 bits per heavy atom. The fourth-order valence-corrected chi connectivity index (χ4v) is 4.16. The number of hydrogen-bond acceptors (Lipinski definition) is 5. The molecule has 5 rings (SSSR count). The molecule has 9 nitrogen and oxygen atoms in total. The quantitative estimate of drug-likeness (QED) is 0.709. The lowest BCUT2D eigenvalue weighted by Crippen LogP contribution is -2.47. The molecule has 1 N–H and O–H groups in total. The second-order valence-corrected chi connectivity index (χ2v) is 7.49. The zero-order valence-electron chi connectivity index (χ0n) is 15.8. The van der Waals surface area contributed by atoms with Gasteiger partial charge >= 0.3 is 5.69 Å². The number of aryl methyl sites for hydroxylation is 1. The van der Waals surface area contributed by atoms with Gasteiger partial charge < -0.3 is 19.4 Å². The average Bonchev–Trinajstić information content (AvgIpc) is 3.38. The van der Waals surface area contributed by atoms with E-state index in [9.17, 15) is 9.59 Å². The van der Waals surface area contributed by atoms with E-state index >= 15 is 0 Å². The summed E-state index contributed by atoms with van der Waals surface area (Å²) in [5, 5.41) is 5.12. The number of aromatic nitrogens is 4. The topological polar surface area (TPSA) is 94.4 Å². The Morgan fingerprint density at radius 1 is 1.32 bits per heavy atom. The number of fused-ring (bicyclic) bond motifs is 2. The van der Waals surface area contributed by atoms with Crippen molar-refractivity contribution in [3.63, 3.8) is 0 Å². The Morgan fingerprint density at radius 3 is 3.00 bits per heavy atom. The van der Waals surface area contributed by atoms with Gasteiger partial charge in [-0.15, -0.1) is 0 Å². The van der Waals surface area contributed by atoms with E-state index < -0.39 is 5.60 Å². The zero-order chi connectivity index (χ0) is 19.5. The van der Waals surface area contributed by atoms with Crippen LogP contribution in [0.15, 0.2) is 29.1 Å². The van der Waals surface area contributed by atoms with E-state index in [0.717, 1.165) is 16.7 Å². The maximum Gasteiger partial charge on any atom is 0.345 e. The molecular formula is C19H21N5O4. The highest BCUT2D eigenvalue weighted by Crippen LogP contribution is 2.32. The van der Waals surface area contributed by atoms with Crippen LogP contribution in [0.2, 0.25) is 0 Å². The molecule has 0 saturated carbocycles. The van der Waals surface area contributed by atoms with Crippen molar-refractivity contribution in [1.82, 2.24) is 24.2 Å². The van der Waals surface area contributed by atoms with Crippen LogP contribution in [0.25, 0.3) is 10.9 Å². The molecule has 1 saturated heterocycles. The van der Waals surface area contributed by atoms with E-state index in [0.29, 0.717) is 37.6 Å². The minimum Gasteiger partial charge on any atom is -0.497 e. The van der Waals surface area contributed by atoms with Crippen LogP contribution >= 0.6 is 0 Å². The summed E-state index contributed by atoms with van der Waals surface area (Å²) in [5.41, 5.74) is 0.742. The van der Waals surface area contributed by atoms with Crippen molar-refractivity contribution < 1.29 is 14.3 Å². The first kappa shape index (κ1) is 17.1. The average molecular weight is 383 g/mol. The molecular weight excluding hydrogens is 362 g/mol. The summed E-state index contributed by atoms with van der Waals surface area (Å²) in [7, 11) is 3.25. The number of H-pyrrole nitrogens is 1. The first-order chi connectivity index (χ1) is 13.5. The number of methoxy groups -OCH3 is 1. The van der Waals surface area contributed by atoms with Crippen LogP contribution in [-0.2, 0) is 24.9 Å². The van der Waals surface area contributed by atoms with Gasteiger partial charge in [-0.25, -0.2) is 9.48 Å². The van der Waals surface area contributed by atoms with Gasteiger partial charge in [-0.3, -0.25) is 9.36 Å². The van der Waals surface area contributed by atoms with Crippen LogP contribution in [-0.4, -0.2) is 55.9 Å². The van der Waals surface area contributed by atoms with Gasteiger partial charge in [0.2, 0.25) is 0 Å². The molecule has 1 unspecified atom stereocenters. The summed E-state index contributed by atoms with van der Waals surface area (Å²) in [6.07, 6.45) is 0.688. The van der Waals surface area contributed by atoms with Gasteiger partial charge in [-0.2, -0.15) is 5.10 Å². The Hall–Kier alpha value is -3.07. The summed E-state index contributed by atoms with van der Waals surface area (Å²) in [6.45, 7) is 1.74. The van der Waals surface area contributed by atoms with Crippen molar-refractivity contribution in [3.8, 4) is 5.75 Å². The maximum atomic E-state index is 13.0. The number of nitrogens with one attached hydrogen (secondary N) is 1. The molecule has 9 heteroatoms. The lowest BCUT2D eigenvalue weighted by atomic mass is 10.0. The first-order valence-corrected chi connectivity index (χ1v) is 9.21. The summed E-state index contributed by atoms with van der Waals surface area (Å²) >= 11 is 0. The highest BCUT2D eigenvalue weighted by molar-refractivity contribution is 5.98. The van der Waals surface area contributed by atoms with Crippen molar-refractivity contribution in [2.45, 2.75) is 25.2 Å². The highest BCUT2D eigenvalue weighted by atomic mass is 16.5. The maximum absolute atomic E-state index is 13.0. The summed E-state index contributed by atoms with van der Waals surface area (Å²) in [5.74, 6) is 1.31. The first-order valence-electron chi connectivity index (χ1n) is 9.21. The van der Waals surface area contributed by atoms with Crippen molar-refractivity contribution >= 4 is 16.8 Å². The molecule has 1 amide bonds. The van der Waals surface area contributed by atoms with E-state index in [2.05, 4.69) is 10.1 Å². The number of benzene rings is 1. The monoisotopic (exact) mass is 383 g/mol. The van der Waals surface area contributed by atoms with Crippen molar-refractivity contribution in [3.05, 3.63) is 46.3 Å². The van der Waals surface area contributed by atoms with Crippen LogP contribution in [0.4, 0.5) is 0 Å². The zero-order valence-corrected chi connectivity index (χ0v) is 15.8. The molecule has 2 aliphatic heterocycles. The van der Waals surface area contributed by atoms with Crippen LogP contribution in [0, 0.1) is 0 Å². The van der Waals surface area contributed by atoms with E-state index in [1.54, 1.807) is 23.6 Å². The third-order valence-corrected chi connectivity index (χ3v) is 5.70. The molecule has 1 fully saturated rings. The molecule has 0 bridgehead atoms. The Labute approximate surface area is 160 Å². The molecule has 2 aromatic heterocycles. The largest absolute Gasteiger partial charge is 0.497 e. The van der Waals surface area contributed by atoms with E-state index in [1.165, 1.54) is 4.68 Å². The van der Waals surface area contributed by atoms with E-state index in [-0.39, 0.29) is 18.2 Å². The predicted octanol–water partition coefficient (Wildman–Crippen LogP) is 0.887. The van der Waals surface area contributed by atoms with Gasteiger partial charge in [-0.1, -0.05) is 0 Å². The number of ether oxygens (including phenoxy) is 2. The van der Waals surface area contributed by atoms with Crippen LogP contribution in [0.1, 0.15) is 22.7 Å². The predicted molar refractivity (Wildman–Crippen MR) is 100 cm³/mol. The number of hydrogen-bond donors (Lipinski definition) is 1. The second-order valence-electron chi connectivity index (χ2n) is 7.49. The van der Waals surface area contributed by atoms with Crippen molar-refractivity contribution in [1.29, 1.82) is 0 Å². The molecule has 4 heterocycles. The fraction of sp³-hybridized carbons (Fsp3) is 0.421. The minimum absolute atomic E-state index is 0.0695. The van der Waals surface area contributed by atoms with Crippen molar-refractivity contribution in [2.24, 2.45) is 7.05 Å². The number of nitrogens with zero attached hydrogens (tertiary/aromatic N) is 4. The highest BCUT2D eigenvalue weighted by Gasteiger charge is 2.45. The standard InChI is InChI=1S/C19H21N5O4/c1-22-18(26)24-11-19(28-9-16(24)21-22)5-6-23(10-19)17(25)15-8-12-7-13(27-2)3-4-14(12)20-15/h3-4,7-8,20H,5-6,9-11H2,1-2H3. The number of rotatable bonds is 2. The summed E-state index contributed by atoms with van der Waals surface area (Å²) in [6, 6.07) is 7.50. The van der Waals surface area contributed by atoms with Crippen LogP contribution < -0.4 is 10.4 Å². The van der Waals surface area contributed by atoms with Crippen LogP contribution in [0.5, 0.6) is 5.75 Å². The SMILES string of the molecule is COc1ccc2[nH]c(C(=O)N3CCC4(C3)Cn3c(nn(C)c3=O)CO4)cc2c1. The van der Waals surface area contributed by atoms with E-state index in [1.807, 2.05) is 24.3 Å². The summed E-state index contributed by atoms with van der Waals surface area (Å²) < 4.78 is 14.3. The lowest BCUT2D eigenvalue weighted by molar-refractivity contribution is -0.0816. The second kappa shape index (κ2) is 5.96. The molecule has 28 heavy (non-hydrogen) atoms. The number of carbonyl (C=O) groups is 1. The Kier molecular flexibility index (Phi) is 3.63. The smallest absolute Gasteiger partial charge is 0.345 e. The third kappa shape index (κ3) is 2.54. The molecule has 0 aliphatic carbocycles. The number of likely N-dealkylation sites (tertiary alicyclic amines) is 1. The Bertz CT molecular complexity index is 1140. The van der Waals surface area contributed by atoms with Gasteiger partial charge in [-0.05, 0) is 30.7 Å². The molecule has 1 aromatic carbocycles. The van der Waals surface area contributed by atoms with Crippen LogP contribution in [0.3, 0.4) is 0 Å². The summed E-state index contributed by atoms with van der Waals surface area (Å²) in [4.78, 5) is 30.3. The van der Waals surface area contributed by atoms with Gasteiger partial charge in [0.1, 0.15) is 23.7 Å². The number of aromatic amines is 1. The van der Waals surface area contributed by atoms with Crippen molar-refractivity contribution in [2.75, 3.05) is 20.2 Å². The van der Waals surface area contributed by atoms with E-state index in [4.69, 9.17) is 9.47 Å². The molecule has 3 aromatic rings. The molecule has 1 spiro atoms. The van der Waals surface area contributed by atoms with Gasteiger partial charge in [0.15, 0.2) is 5.82 Å². The fourth-order valence-electron chi connectivity index (χ4n) is 4.16. The number of carbonyl (C=O) groups excluding carboxylic acids is 1. The van der Waals surface area contributed by atoms with Gasteiger partial charge in [0.25, 0.3) is 5.91 Å². The normalized spacial score (nSPS) is 21.4. The minimum atomic E-state index is -0.537. The molecule has 146 valence electrons. The third-order valence-electron chi connectivity index (χ3n) is 5.70. The Balaban J connectivity index is 1.38.